The molecule has 0 aromatic heterocycles. The highest BCUT2D eigenvalue weighted by molar-refractivity contribution is 5.70. The number of hydrogen-bond acceptors (Lipinski definition) is 3. The number of hydrogen-bond donors (Lipinski definition) is 1. The number of likely N-dealkylation sites (N-methyl/N-ethyl adjacent to an activating group) is 1. The molecule has 0 aliphatic carbocycles. The van der Waals surface area contributed by atoms with Gasteiger partial charge in [-0.25, -0.2) is 0 Å². The van der Waals surface area contributed by atoms with Crippen LogP contribution < -0.4 is 4.74 Å². The van der Waals surface area contributed by atoms with Gasteiger partial charge < -0.3 is 14.7 Å². The van der Waals surface area contributed by atoms with Crippen molar-refractivity contribution in [3.8, 4) is 17.6 Å². The molecule has 0 bridgehead atoms. The van der Waals surface area contributed by atoms with E-state index in [2.05, 4.69) is 11.8 Å². The Morgan fingerprint density at radius 3 is 2.56 bits per heavy atom. The van der Waals surface area contributed by atoms with Crippen LogP contribution in [0.25, 0.3) is 0 Å². The summed E-state index contributed by atoms with van der Waals surface area (Å²) in [6.45, 7) is 1.50. The maximum Gasteiger partial charge on any atom is 0.315 e. The topological polar surface area (TPSA) is 49.8 Å². The summed E-state index contributed by atoms with van der Waals surface area (Å²) >= 11 is 0. The molecule has 18 heavy (non-hydrogen) atoms. The number of ether oxygens (including phenoxy) is 1. The lowest BCUT2D eigenvalue weighted by Gasteiger charge is -2.10. The highest BCUT2D eigenvalue weighted by atomic mass is 16.5. The summed E-state index contributed by atoms with van der Waals surface area (Å²) in [6, 6.07) is 7.31. The van der Waals surface area contributed by atoms with Gasteiger partial charge in [0.05, 0.1) is 0 Å². The molecule has 0 saturated heterocycles. The molecule has 4 nitrogen and oxygen atoms in total. The molecule has 0 radical (unpaired) electrons. The average molecular weight is 247 g/mol. The fourth-order valence-electron chi connectivity index (χ4n) is 1.20. The number of rotatable bonds is 5. The fourth-order valence-corrected chi connectivity index (χ4v) is 1.20. The third kappa shape index (κ3) is 5.92. The smallest absolute Gasteiger partial charge is 0.315 e. The first-order chi connectivity index (χ1) is 8.58. The molecular weight excluding hydrogens is 230 g/mol. The molecule has 0 aliphatic heterocycles. The van der Waals surface area contributed by atoms with Crippen LogP contribution in [0.2, 0.25) is 0 Å². The van der Waals surface area contributed by atoms with E-state index < -0.39 is 5.97 Å². The quantitative estimate of drug-likeness (QED) is 0.800. The van der Waals surface area contributed by atoms with Crippen LogP contribution in [0.1, 0.15) is 12.0 Å². The van der Waals surface area contributed by atoms with Gasteiger partial charge >= 0.3 is 5.97 Å². The summed E-state index contributed by atoms with van der Waals surface area (Å²) in [4.78, 5) is 12.3. The molecule has 0 unspecified atom stereocenters. The first-order valence-corrected chi connectivity index (χ1v) is 5.66. The maximum absolute atomic E-state index is 10.3. The zero-order chi connectivity index (χ0) is 13.4. The summed E-state index contributed by atoms with van der Waals surface area (Å²) in [5.41, 5.74) is 0.788. The van der Waals surface area contributed by atoms with Gasteiger partial charge in [0.1, 0.15) is 18.8 Å². The predicted octanol–water partition coefficient (Wildman–Crippen LogP) is 1.45. The molecule has 1 rings (SSSR count). The van der Waals surface area contributed by atoms with E-state index in [4.69, 9.17) is 9.84 Å². The lowest BCUT2D eigenvalue weighted by Crippen LogP contribution is -2.19. The summed E-state index contributed by atoms with van der Waals surface area (Å²) < 4.78 is 5.53. The van der Waals surface area contributed by atoms with Crippen molar-refractivity contribution in [1.82, 2.24) is 4.90 Å². The minimum absolute atomic E-state index is 0.138. The van der Waals surface area contributed by atoms with E-state index in [-0.39, 0.29) is 6.42 Å². The highest BCUT2D eigenvalue weighted by Gasteiger charge is 1.95. The minimum Gasteiger partial charge on any atom is -0.492 e. The van der Waals surface area contributed by atoms with Crippen molar-refractivity contribution in [3.63, 3.8) is 0 Å². The summed E-state index contributed by atoms with van der Waals surface area (Å²) in [7, 11) is 3.98. The number of benzene rings is 1. The van der Waals surface area contributed by atoms with Crippen molar-refractivity contribution >= 4 is 5.97 Å². The second-order valence-corrected chi connectivity index (χ2v) is 4.05. The van der Waals surface area contributed by atoms with Gasteiger partial charge in [0.25, 0.3) is 0 Å². The molecule has 0 aliphatic rings. The Labute approximate surface area is 107 Å². The highest BCUT2D eigenvalue weighted by Crippen LogP contribution is 2.11. The molecule has 1 aromatic carbocycles. The zero-order valence-electron chi connectivity index (χ0n) is 10.6. The maximum atomic E-state index is 10.3. The monoisotopic (exact) mass is 247 g/mol. The first-order valence-electron chi connectivity index (χ1n) is 5.66. The lowest BCUT2D eigenvalue weighted by molar-refractivity contribution is -0.135. The van der Waals surface area contributed by atoms with Gasteiger partial charge in [-0.3, -0.25) is 4.79 Å². The number of carboxylic acid groups (broad SMARTS) is 1. The van der Waals surface area contributed by atoms with Crippen LogP contribution in [0.5, 0.6) is 5.75 Å². The van der Waals surface area contributed by atoms with E-state index >= 15 is 0 Å². The number of carbonyl (C=O) groups is 1. The van der Waals surface area contributed by atoms with Crippen LogP contribution in [-0.4, -0.2) is 43.2 Å². The summed E-state index contributed by atoms with van der Waals surface area (Å²) in [5, 5.41) is 8.45. The van der Waals surface area contributed by atoms with Gasteiger partial charge in [-0.15, -0.1) is 0 Å². The molecule has 4 heteroatoms. The van der Waals surface area contributed by atoms with Crippen molar-refractivity contribution in [2.45, 2.75) is 6.42 Å². The van der Waals surface area contributed by atoms with Gasteiger partial charge in [0, 0.05) is 12.1 Å². The van der Waals surface area contributed by atoms with Crippen molar-refractivity contribution in [3.05, 3.63) is 29.8 Å². The zero-order valence-corrected chi connectivity index (χ0v) is 10.6. The van der Waals surface area contributed by atoms with Crippen LogP contribution >= 0.6 is 0 Å². The Balaban J connectivity index is 2.46. The Hall–Kier alpha value is -1.99. The van der Waals surface area contributed by atoms with E-state index in [1.54, 1.807) is 0 Å². The average Bonchev–Trinajstić information content (AvgIpc) is 2.30. The number of carboxylic acids is 1. The Kier molecular flexibility index (Phi) is 5.75. The summed E-state index contributed by atoms with van der Waals surface area (Å²) in [5.74, 6) is 5.25. The largest absolute Gasteiger partial charge is 0.492 e. The van der Waals surface area contributed by atoms with E-state index in [1.165, 1.54) is 0 Å². The Morgan fingerprint density at radius 2 is 2.00 bits per heavy atom. The molecule has 0 spiro atoms. The molecule has 1 N–H and O–H groups in total. The second-order valence-electron chi connectivity index (χ2n) is 4.05. The first kappa shape index (κ1) is 14.1. The SMILES string of the molecule is CN(C)CCOc1ccc(C#CCC(=O)O)cc1. The van der Waals surface area contributed by atoms with Gasteiger partial charge in [-0.2, -0.15) is 0 Å². The molecule has 0 fully saturated rings. The number of nitrogens with zero attached hydrogens (tertiary/aromatic N) is 1. The lowest BCUT2D eigenvalue weighted by atomic mass is 10.2. The van der Waals surface area contributed by atoms with Crippen LogP contribution in [-0.2, 0) is 4.79 Å². The molecule has 96 valence electrons. The van der Waals surface area contributed by atoms with Crippen molar-refractivity contribution in [2.75, 3.05) is 27.2 Å². The van der Waals surface area contributed by atoms with E-state index in [0.29, 0.717) is 6.61 Å². The van der Waals surface area contributed by atoms with E-state index in [0.717, 1.165) is 17.9 Å². The van der Waals surface area contributed by atoms with Crippen molar-refractivity contribution < 1.29 is 14.6 Å². The van der Waals surface area contributed by atoms with Gasteiger partial charge in [0.2, 0.25) is 0 Å². The molecule has 0 heterocycles. The minimum atomic E-state index is -0.911. The normalized spacial score (nSPS) is 9.72. The standard InChI is InChI=1S/C14H17NO3/c1-15(2)10-11-18-13-8-6-12(7-9-13)4-3-5-14(16)17/h6-9H,5,10-11H2,1-2H3,(H,16,17). The van der Waals surface area contributed by atoms with Crippen LogP contribution in [0.3, 0.4) is 0 Å². The molecule has 1 aromatic rings. The molecule has 0 amide bonds. The molecule has 0 atom stereocenters. The molecular formula is C14H17NO3. The third-order valence-corrected chi connectivity index (χ3v) is 2.13. The predicted molar refractivity (Wildman–Crippen MR) is 69.6 cm³/mol. The van der Waals surface area contributed by atoms with Gasteiger partial charge in [-0.1, -0.05) is 11.8 Å². The van der Waals surface area contributed by atoms with E-state index in [1.807, 2.05) is 43.3 Å². The Bertz CT molecular complexity index is 440. The van der Waals surface area contributed by atoms with Crippen molar-refractivity contribution in [2.24, 2.45) is 0 Å². The third-order valence-electron chi connectivity index (χ3n) is 2.13. The van der Waals surface area contributed by atoms with Gasteiger partial charge in [0.15, 0.2) is 0 Å². The fraction of sp³-hybridized carbons (Fsp3) is 0.357. The van der Waals surface area contributed by atoms with Gasteiger partial charge in [-0.05, 0) is 38.4 Å². The second kappa shape index (κ2) is 7.36. The van der Waals surface area contributed by atoms with E-state index in [9.17, 15) is 4.79 Å². The van der Waals surface area contributed by atoms with Crippen molar-refractivity contribution in [1.29, 1.82) is 0 Å². The molecule has 0 saturated carbocycles. The van der Waals surface area contributed by atoms with Crippen LogP contribution in [0.15, 0.2) is 24.3 Å². The summed E-state index contributed by atoms with van der Waals surface area (Å²) in [6.07, 6.45) is -0.138. The Morgan fingerprint density at radius 1 is 1.33 bits per heavy atom. The number of aliphatic carboxylic acids is 1. The van der Waals surface area contributed by atoms with Crippen LogP contribution in [0, 0.1) is 11.8 Å². The van der Waals surface area contributed by atoms with Crippen LogP contribution in [0.4, 0.5) is 0 Å².